The fraction of sp³-hybridized carbons (Fsp3) is 0.941. The summed E-state index contributed by atoms with van der Waals surface area (Å²) in [5, 5.41) is 3.29. The second kappa shape index (κ2) is 11.1. The van der Waals surface area contributed by atoms with Crippen LogP contribution in [0, 0.1) is 5.41 Å². The number of amides is 1. The molecule has 3 N–H and O–H groups in total. The van der Waals surface area contributed by atoms with Gasteiger partial charge < -0.3 is 11.1 Å². The minimum Gasteiger partial charge on any atom is -0.354 e. The van der Waals surface area contributed by atoms with Gasteiger partial charge in [-0.3, -0.25) is 9.69 Å². The summed E-state index contributed by atoms with van der Waals surface area (Å²) in [6.07, 6.45) is 6.68. The van der Waals surface area contributed by atoms with Crippen molar-refractivity contribution in [2.75, 3.05) is 37.7 Å². The smallest absolute Gasteiger partial charge is 0.227 e. The van der Waals surface area contributed by atoms with Crippen LogP contribution in [0.2, 0.25) is 0 Å². The summed E-state index contributed by atoms with van der Waals surface area (Å²) in [4.78, 5) is 15.4. The topological polar surface area (TPSA) is 58.4 Å². The Morgan fingerprint density at radius 1 is 1.17 bits per heavy atom. The zero-order valence-electron chi connectivity index (χ0n) is 15.1. The first-order valence-electron chi connectivity index (χ1n) is 8.93. The van der Waals surface area contributed by atoms with Crippen LogP contribution in [-0.2, 0) is 4.79 Å². The van der Waals surface area contributed by atoms with E-state index in [0.717, 1.165) is 19.4 Å². The maximum absolute atomic E-state index is 12.7. The van der Waals surface area contributed by atoms with Crippen LogP contribution in [0.5, 0.6) is 0 Å². The number of nitrogens with two attached hydrogens (primary N) is 1. The highest BCUT2D eigenvalue weighted by atomic mass is 35.5. The minimum atomic E-state index is -0.377. The molecule has 2 aliphatic rings. The van der Waals surface area contributed by atoms with Crippen LogP contribution < -0.4 is 11.1 Å². The third-order valence-electron chi connectivity index (χ3n) is 6.02. The van der Waals surface area contributed by atoms with E-state index in [-0.39, 0.29) is 41.7 Å². The van der Waals surface area contributed by atoms with E-state index in [2.05, 4.69) is 35.8 Å². The Kier molecular flexibility index (Phi) is 11.3. The predicted molar refractivity (Wildman–Crippen MR) is 110 cm³/mol. The number of halogens is 2. The number of hydrogen-bond acceptors (Lipinski definition) is 4. The largest absolute Gasteiger partial charge is 0.354 e. The first-order valence-corrected chi connectivity index (χ1v) is 10.1. The van der Waals surface area contributed by atoms with Gasteiger partial charge in [0.25, 0.3) is 0 Å². The maximum atomic E-state index is 12.7. The van der Waals surface area contributed by atoms with Gasteiger partial charge in [0, 0.05) is 43.2 Å². The number of carbonyl (C=O) groups excluding carboxylic acids is 1. The molecule has 0 aromatic rings. The van der Waals surface area contributed by atoms with E-state index in [1.165, 1.54) is 50.3 Å². The monoisotopic (exact) mass is 399 g/mol. The summed E-state index contributed by atoms with van der Waals surface area (Å²) in [6, 6.07) is 0. The Labute approximate surface area is 164 Å². The molecule has 0 aromatic carbocycles. The summed E-state index contributed by atoms with van der Waals surface area (Å²) in [5.74, 6) is 2.62. The summed E-state index contributed by atoms with van der Waals surface area (Å²) < 4.78 is 0. The van der Waals surface area contributed by atoms with Gasteiger partial charge in [-0.25, -0.2) is 0 Å². The molecule has 24 heavy (non-hydrogen) atoms. The number of rotatable bonds is 7. The summed E-state index contributed by atoms with van der Waals surface area (Å²) >= 11 is 2.05. The highest BCUT2D eigenvalue weighted by molar-refractivity contribution is 7.99. The number of nitrogens with one attached hydrogen (secondary N) is 1. The van der Waals surface area contributed by atoms with Crippen molar-refractivity contribution in [2.24, 2.45) is 11.1 Å². The molecular weight excluding hydrogens is 365 g/mol. The Hall–Kier alpha value is 0.320. The first-order chi connectivity index (χ1) is 10.6. The van der Waals surface area contributed by atoms with Crippen LogP contribution in [0.4, 0.5) is 0 Å². The van der Waals surface area contributed by atoms with Crippen LogP contribution in [0.25, 0.3) is 0 Å². The summed E-state index contributed by atoms with van der Waals surface area (Å²) in [7, 11) is 0. The van der Waals surface area contributed by atoms with Crippen molar-refractivity contribution < 1.29 is 4.79 Å². The van der Waals surface area contributed by atoms with Gasteiger partial charge in [-0.2, -0.15) is 11.8 Å². The van der Waals surface area contributed by atoms with Gasteiger partial charge in [-0.1, -0.05) is 26.7 Å². The fourth-order valence-corrected chi connectivity index (χ4v) is 4.96. The third-order valence-corrected chi connectivity index (χ3v) is 6.96. The molecule has 1 heterocycles. The molecule has 1 aliphatic carbocycles. The van der Waals surface area contributed by atoms with Gasteiger partial charge in [0.05, 0.1) is 5.41 Å². The minimum absolute atomic E-state index is 0. The second-order valence-electron chi connectivity index (χ2n) is 6.91. The standard InChI is InChI=1S/C17H33N3OS.2ClH/c1-3-16(4-2,13-18)15(21)19-14-17(7-5-6-8-17)20-9-11-22-12-10-20;;/h3-14,18H2,1-2H3,(H,19,21);2*1H. The molecule has 1 saturated carbocycles. The molecule has 144 valence electrons. The Balaban J connectivity index is 0.00000264. The van der Waals surface area contributed by atoms with Crippen LogP contribution in [0.3, 0.4) is 0 Å². The Morgan fingerprint density at radius 3 is 2.17 bits per heavy atom. The molecule has 1 saturated heterocycles. The average molecular weight is 400 g/mol. The molecule has 7 heteroatoms. The second-order valence-corrected chi connectivity index (χ2v) is 8.13. The molecule has 0 atom stereocenters. The van der Waals surface area contributed by atoms with Crippen molar-refractivity contribution >= 4 is 42.5 Å². The predicted octanol–water partition coefficient (Wildman–Crippen LogP) is 3.07. The third kappa shape index (κ3) is 5.16. The average Bonchev–Trinajstić information content (AvgIpc) is 3.06. The van der Waals surface area contributed by atoms with Gasteiger partial charge in [0.1, 0.15) is 0 Å². The van der Waals surface area contributed by atoms with E-state index >= 15 is 0 Å². The lowest BCUT2D eigenvalue weighted by Crippen LogP contribution is -2.58. The van der Waals surface area contributed by atoms with Gasteiger partial charge in [0.2, 0.25) is 5.91 Å². The summed E-state index contributed by atoms with van der Waals surface area (Å²) in [6.45, 7) is 7.73. The fourth-order valence-electron chi connectivity index (χ4n) is 4.06. The first kappa shape index (κ1) is 24.3. The molecule has 2 fully saturated rings. The van der Waals surface area contributed by atoms with E-state index in [9.17, 15) is 4.79 Å². The lowest BCUT2D eigenvalue weighted by Gasteiger charge is -2.44. The normalized spacial score (nSPS) is 20.8. The molecule has 0 radical (unpaired) electrons. The quantitative estimate of drug-likeness (QED) is 0.690. The molecule has 0 aromatic heterocycles. The highest BCUT2D eigenvalue weighted by Gasteiger charge is 2.41. The Morgan fingerprint density at radius 2 is 1.71 bits per heavy atom. The van der Waals surface area contributed by atoms with Crippen molar-refractivity contribution in [1.29, 1.82) is 0 Å². The van der Waals surface area contributed by atoms with E-state index in [4.69, 9.17) is 5.73 Å². The van der Waals surface area contributed by atoms with Crippen LogP contribution in [-0.4, -0.2) is 54.0 Å². The van der Waals surface area contributed by atoms with E-state index < -0.39 is 0 Å². The van der Waals surface area contributed by atoms with Crippen molar-refractivity contribution in [3.8, 4) is 0 Å². The number of carbonyl (C=O) groups is 1. The molecular formula is C17H35Cl2N3OS. The van der Waals surface area contributed by atoms with Crippen molar-refractivity contribution in [3.05, 3.63) is 0 Å². The van der Waals surface area contributed by atoms with Crippen molar-refractivity contribution in [3.63, 3.8) is 0 Å². The molecule has 1 aliphatic heterocycles. The number of nitrogens with zero attached hydrogens (tertiary/aromatic N) is 1. The van der Waals surface area contributed by atoms with Gasteiger partial charge in [-0.05, 0) is 25.7 Å². The highest BCUT2D eigenvalue weighted by Crippen LogP contribution is 2.36. The SMILES string of the molecule is CCC(CC)(CN)C(=O)NCC1(N2CCSCC2)CCCC1.Cl.Cl. The zero-order chi connectivity index (χ0) is 16.1. The number of thioether (sulfide) groups is 1. The molecule has 0 bridgehead atoms. The van der Waals surface area contributed by atoms with Crippen LogP contribution >= 0.6 is 36.6 Å². The van der Waals surface area contributed by atoms with E-state index in [0.29, 0.717) is 6.54 Å². The molecule has 0 spiro atoms. The van der Waals surface area contributed by atoms with Gasteiger partial charge in [0.15, 0.2) is 0 Å². The molecule has 2 rings (SSSR count). The lowest BCUT2D eigenvalue weighted by atomic mass is 9.81. The zero-order valence-corrected chi connectivity index (χ0v) is 17.6. The van der Waals surface area contributed by atoms with E-state index in [1.807, 2.05) is 0 Å². The molecule has 4 nitrogen and oxygen atoms in total. The van der Waals surface area contributed by atoms with E-state index in [1.54, 1.807) is 0 Å². The Bertz CT molecular complexity index is 361. The maximum Gasteiger partial charge on any atom is 0.227 e. The van der Waals surface area contributed by atoms with Gasteiger partial charge in [-0.15, -0.1) is 24.8 Å². The number of hydrogen-bond donors (Lipinski definition) is 2. The van der Waals surface area contributed by atoms with Crippen molar-refractivity contribution in [2.45, 2.75) is 57.9 Å². The molecule has 0 unspecified atom stereocenters. The van der Waals surface area contributed by atoms with Crippen LogP contribution in [0.15, 0.2) is 0 Å². The van der Waals surface area contributed by atoms with Crippen LogP contribution in [0.1, 0.15) is 52.4 Å². The van der Waals surface area contributed by atoms with Gasteiger partial charge >= 0.3 is 0 Å². The molecule has 1 amide bonds. The lowest BCUT2D eigenvalue weighted by molar-refractivity contribution is -0.131. The van der Waals surface area contributed by atoms with Crippen molar-refractivity contribution in [1.82, 2.24) is 10.2 Å². The summed E-state index contributed by atoms with van der Waals surface area (Å²) in [5.41, 5.74) is 5.74.